The highest BCUT2D eigenvalue weighted by molar-refractivity contribution is 7.89. The first kappa shape index (κ1) is 21.9. The van der Waals surface area contributed by atoms with Gasteiger partial charge in [0.05, 0.1) is 4.90 Å². The highest BCUT2D eigenvalue weighted by Crippen LogP contribution is 2.18. The number of aryl methyl sites for hydroxylation is 1. The molecule has 1 fully saturated rings. The highest BCUT2D eigenvalue weighted by atomic mass is 32.2. The van der Waals surface area contributed by atoms with Crippen LogP contribution in [0.1, 0.15) is 33.2 Å². The van der Waals surface area contributed by atoms with Gasteiger partial charge in [-0.15, -0.1) is 0 Å². The van der Waals surface area contributed by atoms with Gasteiger partial charge in [-0.05, 0) is 49.4 Å². The van der Waals surface area contributed by atoms with Crippen molar-refractivity contribution in [3.05, 3.63) is 65.2 Å². The van der Waals surface area contributed by atoms with Gasteiger partial charge < -0.3 is 4.90 Å². The lowest BCUT2D eigenvalue weighted by molar-refractivity contribution is 0.0846. The number of sulfonamides is 1. The summed E-state index contributed by atoms with van der Waals surface area (Å²) in [7, 11) is -1.74. The first-order valence-corrected chi connectivity index (χ1v) is 11.2. The van der Waals surface area contributed by atoms with E-state index in [1.165, 1.54) is 28.6 Å². The van der Waals surface area contributed by atoms with E-state index in [0.717, 1.165) is 12.0 Å². The molecule has 2 aromatic carbocycles. The van der Waals surface area contributed by atoms with E-state index in [1.54, 1.807) is 12.1 Å². The largest absolute Gasteiger partial charge is 0.304 e. The molecule has 1 saturated heterocycles. The number of carbonyl (C=O) groups excluding carboxylic acids is 2. The molecule has 0 unspecified atom stereocenters. The van der Waals surface area contributed by atoms with Crippen LogP contribution in [-0.4, -0.2) is 62.7 Å². The maximum Gasteiger partial charge on any atom is 0.269 e. The predicted molar refractivity (Wildman–Crippen MR) is 113 cm³/mol. The molecule has 3 rings (SSSR count). The summed E-state index contributed by atoms with van der Waals surface area (Å²) in [6.07, 6.45) is 0.867. The number of nitrogens with one attached hydrogen (secondary N) is 2. The Morgan fingerprint density at radius 1 is 0.900 bits per heavy atom. The van der Waals surface area contributed by atoms with E-state index in [1.807, 2.05) is 26.1 Å². The zero-order valence-electron chi connectivity index (χ0n) is 17.1. The molecule has 9 heteroatoms. The lowest BCUT2D eigenvalue weighted by Gasteiger charge is -2.31. The van der Waals surface area contributed by atoms with E-state index in [0.29, 0.717) is 31.7 Å². The average Bonchev–Trinajstić information content (AvgIpc) is 2.77. The Balaban J connectivity index is 1.66. The van der Waals surface area contributed by atoms with Crippen LogP contribution in [0.3, 0.4) is 0 Å². The van der Waals surface area contributed by atoms with Crippen molar-refractivity contribution in [2.75, 3.05) is 33.2 Å². The van der Waals surface area contributed by atoms with Gasteiger partial charge >= 0.3 is 0 Å². The lowest BCUT2D eigenvalue weighted by Crippen LogP contribution is -2.47. The van der Waals surface area contributed by atoms with Crippen LogP contribution in [0.25, 0.3) is 0 Å². The first-order valence-electron chi connectivity index (χ1n) is 9.79. The molecule has 30 heavy (non-hydrogen) atoms. The van der Waals surface area contributed by atoms with Crippen molar-refractivity contribution in [3.8, 4) is 0 Å². The summed E-state index contributed by atoms with van der Waals surface area (Å²) in [5, 5.41) is 0. The summed E-state index contributed by atoms with van der Waals surface area (Å²) in [6.45, 7) is 4.15. The molecule has 1 aliphatic rings. The third-order valence-electron chi connectivity index (χ3n) is 5.11. The summed E-state index contributed by atoms with van der Waals surface area (Å²) in [5.74, 6) is -1.05. The molecule has 2 N–H and O–H groups in total. The number of likely N-dealkylation sites (N-methyl/N-ethyl adjacent to an activating group) is 1. The normalized spacial score (nSPS) is 15.5. The van der Waals surface area contributed by atoms with Crippen molar-refractivity contribution >= 4 is 21.8 Å². The molecular formula is C21H26N4O4S. The van der Waals surface area contributed by atoms with Gasteiger partial charge in [0.2, 0.25) is 10.0 Å². The molecule has 2 amide bonds. The van der Waals surface area contributed by atoms with Crippen LogP contribution < -0.4 is 10.9 Å². The fraction of sp³-hybridized carbons (Fsp3) is 0.333. The Morgan fingerprint density at radius 2 is 1.50 bits per heavy atom. The number of piperazine rings is 1. The standard InChI is InChI=1S/C21H26N4O4S/c1-3-16-7-9-17(10-8-16)20(26)22-23-21(27)18-5-4-6-19(15-18)30(28,29)25-13-11-24(2)12-14-25/h4-10,15H,3,11-14H2,1-2H3,(H,22,26)(H,23,27). The molecule has 0 bridgehead atoms. The minimum Gasteiger partial charge on any atom is -0.304 e. The number of hydrazine groups is 1. The van der Waals surface area contributed by atoms with Crippen molar-refractivity contribution in [2.45, 2.75) is 18.2 Å². The molecule has 160 valence electrons. The second-order valence-electron chi connectivity index (χ2n) is 7.19. The topological polar surface area (TPSA) is 98.8 Å². The fourth-order valence-corrected chi connectivity index (χ4v) is 4.59. The SMILES string of the molecule is CCc1ccc(C(=O)NNC(=O)c2cccc(S(=O)(=O)N3CCN(C)CC3)c2)cc1. The summed E-state index contributed by atoms with van der Waals surface area (Å²) in [5.41, 5.74) is 6.36. The zero-order chi connectivity index (χ0) is 21.7. The molecule has 1 heterocycles. The number of rotatable bonds is 5. The van der Waals surface area contributed by atoms with Gasteiger partial charge in [0, 0.05) is 37.3 Å². The molecule has 0 atom stereocenters. The molecule has 8 nitrogen and oxygen atoms in total. The second-order valence-corrected chi connectivity index (χ2v) is 9.13. The molecule has 0 radical (unpaired) electrons. The predicted octanol–water partition coefficient (Wildman–Crippen LogP) is 1.26. The summed E-state index contributed by atoms with van der Waals surface area (Å²) >= 11 is 0. The Hall–Kier alpha value is -2.75. The first-order chi connectivity index (χ1) is 14.3. The van der Waals surface area contributed by atoms with Crippen molar-refractivity contribution in [3.63, 3.8) is 0 Å². The summed E-state index contributed by atoms with van der Waals surface area (Å²) in [6, 6.07) is 12.9. The molecule has 0 spiro atoms. The number of benzene rings is 2. The summed E-state index contributed by atoms with van der Waals surface area (Å²) < 4.78 is 27.2. The fourth-order valence-electron chi connectivity index (χ4n) is 3.13. The lowest BCUT2D eigenvalue weighted by atomic mass is 10.1. The van der Waals surface area contributed by atoms with Gasteiger partial charge in [0.25, 0.3) is 11.8 Å². The van der Waals surface area contributed by atoms with Gasteiger partial charge in [-0.25, -0.2) is 8.42 Å². The Kier molecular flexibility index (Phi) is 6.86. The van der Waals surface area contributed by atoms with E-state index >= 15 is 0 Å². The van der Waals surface area contributed by atoms with Gasteiger partial charge in [0.15, 0.2) is 0 Å². The van der Waals surface area contributed by atoms with Gasteiger partial charge in [-0.1, -0.05) is 25.1 Å². The van der Waals surface area contributed by atoms with Gasteiger partial charge in [-0.3, -0.25) is 20.4 Å². The van der Waals surface area contributed by atoms with E-state index in [2.05, 4.69) is 15.8 Å². The molecule has 1 aliphatic heterocycles. The van der Waals surface area contributed by atoms with Crippen LogP contribution in [0.4, 0.5) is 0 Å². The highest BCUT2D eigenvalue weighted by Gasteiger charge is 2.28. The third kappa shape index (κ3) is 5.05. The minimum atomic E-state index is -3.68. The number of carbonyl (C=O) groups is 2. The van der Waals surface area contributed by atoms with E-state index < -0.39 is 21.8 Å². The van der Waals surface area contributed by atoms with Crippen molar-refractivity contribution in [2.24, 2.45) is 0 Å². The molecule has 0 saturated carbocycles. The van der Waals surface area contributed by atoms with Crippen LogP contribution in [0, 0.1) is 0 Å². The van der Waals surface area contributed by atoms with Crippen LogP contribution in [-0.2, 0) is 16.4 Å². The maximum atomic E-state index is 12.9. The van der Waals surface area contributed by atoms with Crippen LogP contribution in [0.15, 0.2) is 53.4 Å². The minimum absolute atomic E-state index is 0.0567. The zero-order valence-corrected chi connectivity index (χ0v) is 17.9. The Morgan fingerprint density at radius 3 is 2.10 bits per heavy atom. The van der Waals surface area contributed by atoms with Crippen molar-refractivity contribution < 1.29 is 18.0 Å². The van der Waals surface area contributed by atoms with Gasteiger partial charge in [0.1, 0.15) is 0 Å². The maximum absolute atomic E-state index is 12.9. The summed E-state index contributed by atoms with van der Waals surface area (Å²) in [4.78, 5) is 26.8. The molecular weight excluding hydrogens is 404 g/mol. The number of hydrogen-bond acceptors (Lipinski definition) is 5. The number of nitrogens with zero attached hydrogens (tertiary/aromatic N) is 2. The van der Waals surface area contributed by atoms with Crippen LogP contribution >= 0.6 is 0 Å². The van der Waals surface area contributed by atoms with Crippen LogP contribution in [0.5, 0.6) is 0 Å². The van der Waals surface area contributed by atoms with E-state index in [4.69, 9.17) is 0 Å². The third-order valence-corrected chi connectivity index (χ3v) is 7.00. The van der Waals surface area contributed by atoms with Gasteiger partial charge in [-0.2, -0.15) is 4.31 Å². The van der Waals surface area contributed by atoms with E-state index in [9.17, 15) is 18.0 Å². The quantitative estimate of drug-likeness (QED) is 0.696. The Bertz CT molecular complexity index is 1010. The smallest absolute Gasteiger partial charge is 0.269 e. The van der Waals surface area contributed by atoms with Crippen LogP contribution in [0.2, 0.25) is 0 Å². The monoisotopic (exact) mass is 430 g/mol. The molecule has 0 aromatic heterocycles. The van der Waals surface area contributed by atoms with Crippen molar-refractivity contribution in [1.29, 1.82) is 0 Å². The number of hydrogen-bond donors (Lipinski definition) is 2. The van der Waals surface area contributed by atoms with E-state index in [-0.39, 0.29) is 10.5 Å². The molecule has 2 aromatic rings. The molecule has 0 aliphatic carbocycles. The van der Waals surface area contributed by atoms with Crippen molar-refractivity contribution in [1.82, 2.24) is 20.1 Å². The number of amides is 2. The second kappa shape index (κ2) is 9.38. The average molecular weight is 431 g/mol. The Labute approximate surface area is 176 Å².